The van der Waals surface area contributed by atoms with Crippen LogP contribution in [-0.2, 0) is 6.42 Å². The van der Waals surface area contributed by atoms with Crippen LogP contribution in [-0.4, -0.2) is 17.4 Å². The van der Waals surface area contributed by atoms with Crippen molar-refractivity contribution in [1.29, 1.82) is 0 Å². The van der Waals surface area contributed by atoms with Crippen LogP contribution >= 0.6 is 0 Å². The van der Waals surface area contributed by atoms with E-state index in [4.69, 9.17) is 0 Å². The van der Waals surface area contributed by atoms with E-state index in [0.717, 1.165) is 12.8 Å². The number of benzene rings is 2. The Morgan fingerprint density at radius 1 is 1.08 bits per heavy atom. The van der Waals surface area contributed by atoms with Crippen molar-refractivity contribution in [3.05, 3.63) is 74.3 Å². The molecule has 0 atom stereocenters. The van der Waals surface area contributed by atoms with Crippen molar-refractivity contribution in [3.8, 4) is 0 Å². The third-order valence-corrected chi connectivity index (χ3v) is 4.06. The van der Waals surface area contributed by atoms with Crippen LogP contribution in [0.2, 0.25) is 0 Å². The van der Waals surface area contributed by atoms with Gasteiger partial charge >= 0.3 is 0 Å². The number of rotatable bonds is 6. The second-order valence-corrected chi connectivity index (χ2v) is 6.05. The normalized spacial score (nSPS) is 10.5. The summed E-state index contributed by atoms with van der Waals surface area (Å²) in [5.74, 6) is -0.200. The molecule has 0 aliphatic heterocycles. The molecule has 5 nitrogen and oxygen atoms in total. The first-order chi connectivity index (χ1) is 11.4. The molecule has 1 amide bonds. The van der Waals surface area contributed by atoms with E-state index in [2.05, 4.69) is 37.4 Å². The van der Waals surface area contributed by atoms with Gasteiger partial charge in [0.15, 0.2) is 0 Å². The highest BCUT2D eigenvalue weighted by atomic mass is 16.6. The summed E-state index contributed by atoms with van der Waals surface area (Å²) in [5, 5.41) is 13.7. The minimum atomic E-state index is -0.444. The second kappa shape index (κ2) is 7.73. The molecule has 0 fully saturated rings. The summed E-state index contributed by atoms with van der Waals surface area (Å²) in [6.45, 7) is 6.38. The van der Waals surface area contributed by atoms with E-state index in [9.17, 15) is 14.9 Å². The Balaban J connectivity index is 1.87. The molecule has 2 aromatic rings. The van der Waals surface area contributed by atoms with Gasteiger partial charge in [-0.3, -0.25) is 14.9 Å². The van der Waals surface area contributed by atoms with Crippen molar-refractivity contribution < 1.29 is 9.72 Å². The van der Waals surface area contributed by atoms with Crippen molar-refractivity contribution in [2.45, 2.75) is 33.6 Å². The van der Waals surface area contributed by atoms with Gasteiger partial charge in [-0.05, 0) is 56.9 Å². The quantitative estimate of drug-likeness (QED) is 0.497. The van der Waals surface area contributed by atoms with Crippen LogP contribution in [0.3, 0.4) is 0 Å². The van der Waals surface area contributed by atoms with Crippen LogP contribution in [0.1, 0.15) is 39.0 Å². The molecule has 0 heterocycles. The average Bonchev–Trinajstić information content (AvgIpc) is 2.52. The van der Waals surface area contributed by atoms with E-state index in [1.165, 1.54) is 28.8 Å². The maximum absolute atomic E-state index is 12.1. The molecule has 0 aliphatic carbocycles. The number of nitro benzene ring substituents is 1. The minimum absolute atomic E-state index is 0.0291. The molecular formula is C19H22N2O3. The van der Waals surface area contributed by atoms with Crippen molar-refractivity contribution >= 4 is 11.6 Å². The Morgan fingerprint density at radius 2 is 1.83 bits per heavy atom. The summed E-state index contributed by atoms with van der Waals surface area (Å²) in [5.41, 5.74) is 4.78. The van der Waals surface area contributed by atoms with Gasteiger partial charge in [0.05, 0.1) is 4.92 Å². The molecule has 5 heteroatoms. The largest absolute Gasteiger partial charge is 0.352 e. The molecule has 0 saturated heterocycles. The minimum Gasteiger partial charge on any atom is -0.352 e. The van der Waals surface area contributed by atoms with E-state index < -0.39 is 4.92 Å². The SMILES string of the molecule is Cc1ccc(CCCNC(=O)c2ccc([N+](=O)[O-])c(C)c2)c(C)c1. The third-order valence-electron chi connectivity index (χ3n) is 4.06. The summed E-state index contributed by atoms with van der Waals surface area (Å²) in [6.07, 6.45) is 1.76. The van der Waals surface area contributed by atoms with Gasteiger partial charge in [0.1, 0.15) is 0 Å². The number of hydrogen-bond donors (Lipinski definition) is 1. The van der Waals surface area contributed by atoms with E-state index in [0.29, 0.717) is 17.7 Å². The fraction of sp³-hybridized carbons (Fsp3) is 0.316. The summed E-state index contributed by atoms with van der Waals surface area (Å²) in [6, 6.07) is 10.8. The number of amides is 1. The molecule has 1 N–H and O–H groups in total. The number of nitrogens with one attached hydrogen (secondary N) is 1. The molecule has 0 saturated carbocycles. The van der Waals surface area contributed by atoms with Crippen LogP contribution in [0.4, 0.5) is 5.69 Å². The first-order valence-electron chi connectivity index (χ1n) is 7.98. The van der Waals surface area contributed by atoms with Crippen molar-refractivity contribution in [2.24, 2.45) is 0 Å². The number of hydrogen-bond acceptors (Lipinski definition) is 3. The smallest absolute Gasteiger partial charge is 0.272 e. The molecule has 2 rings (SSSR count). The molecule has 0 aliphatic rings. The van der Waals surface area contributed by atoms with Crippen LogP contribution in [0.25, 0.3) is 0 Å². The highest BCUT2D eigenvalue weighted by molar-refractivity contribution is 5.94. The number of carbonyl (C=O) groups excluding carboxylic acids is 1. The number of nitro groups is 1. The van der Waals surface area contributed by atoms with E-state index in [1.807, 2.05) is 0 Å². The standard InChI is InChI=1S/C19H22N2O3/c1-13-6-7-16(14(2)11-13)5-4-10-20-19(22)17-8-9-18(21(23)24)15(3)12-17/h6-9,11-12H,4-5,10H2,1-3H3,(H,20,22). The maximum atomic E-state index is 12.1. The lowest BCUT2D eigenvalue weighted by Crippen LogP contribution is -2.24. The molecule has 2 aromatic carbocycles. The summed E-state index contributed by atoms with van der Waals surface area (Å²) < 4.78 is 0. The van der Waals surface area contributed by atoms with Gasteiger partial charge in [-0.2, -0.15) is 0 Å². The van der Waals surface area contributed by atoms with Crippen molar-refractivity contribution in [1.82, 2.24) is 5.32 Å². The first kappa shape index (κ1) is 17.7. The van der Waals surface area contributed by atoms with Crippen LogP contribution < -0.4 is 5.32 Å². The Kier molecular flexibility index (Phi) is 5.68. The Bertz CT molecular complexity index is 769. The van der Waals surface area contributed by atoms with E-state index in [-0.39, 0.29) is 11.6 Å². The topological polar surface area (TPSA) is 72.2 Å². The molecular weight excluding hydrogens is 304 g/mol. The molecule has 126 valence electrons. The molecule has 0 unspecified atom stereocenters. The van der Waals surface area contributed by atoms with Gasteiger partial charge in [-0.15, -0.1) is 0 Å². The molecule has 0 radical (unpaired) electrons. The van der Waals surface area contributed by atoms with Crippen LogP contribution in [0.5, 0.6) is 0 Å². The zero-order valence-electron chi connectivity index (χ0n) is 14.3. The maximum Gasteiger partial charge on any atom is 0.272 e. The zero-order valence-corrected chi connectivity index (χ0v) is 14.3. The zero-order chi connectivity index (χ0) is 17.7. The lowest BCUT2D eigenvalue weighted by Gasteiger charge is -2.08. The molecule has 0 bridgehead atoms. The van der Waals surface area contributed by atoms with Crippen LogP contribution in [0, 0.1) is 30.9 Å². The van der Waals surface area contributed by atoms with Gasteiger partial charge < -0.3 is 5.32 Å². The fourth-order valence-corrected chi connectivity index (χ4v) is 2.71. The van der Waals surface area contributed by atoms with Crippen LogP contribution in [0.15, 0.2) is 36.4 Å². The second-order valence-electron chi connectivity index (χ2n) is 6.05. The van der Waals surface area contributed by atoms with Crippen molar-refractivity contribution in [2.75, 3.05) is 6.54 Å². The van der Waals surface area contributed by atoms with Crippen molar-refractivity contribution in [3.63, 3.8) is 0 Å². The third kappa shape index (κ3) is 4.41. The molecule has 0 aromatic heterocycles. The Hall–Kier alpha value is -2.69. The van der Waals surface area contributed by atoms with Gasteiger partial charge in [0.2, 0.25) is 0 Å². The monoisotopic (exact) mass is 326 g/mol. The highest BCUT2D eigenvalue weighted by Gasteiger charge is 2.13. The van der Waals surface area contributed by atoms with Gasteiger partial charge in [-0.25, -0.2) is 0 Å². The Labute approximate surface area is 141 Å². The lowest BCUT2D eigenvalue weighted by atomic mass is 10.0. The predicted molar refractivity (Wildman–Crippen MR) is 94.4 cm³/mol. The van der Waals surface area contributed by atoms with E-state index in [1.54, 1.807) is 13.0 Å². The van der Waals surface area contributed by atoms with Gasteiger partial charge in [0, 0.05) is 23.7 Å². The predicted octanol–water partition coefficient (Wildman–Crippen LogP) is 3.88. The number of nitrogens with zero attached hydrogens (tertiary/aromatic N) is 1. The Morgan fingerprint density at radius 3 is 2.46 bits per heavy atom. The number of carbonyl (C=O) groups is 1. The first-order valence-corrected chi connectivity index (χ1v) is 7.98. The average molecular weight is 326 g/mol. The fourth-order valence-electron chi connectivity index (χ4n) is 2.71. The van der Waals surface area contributed by atoms with Gasteiger partial charge in [0.25, 0.3) is 11.6 Å². The molecule has 0 spiro atoms. The lowest BCUT2D eigenvalue weighted by molar-refractivity contribution is -0.385. The van der Waals surface area contributed by atoms with Gasteiger partial charge in [-0.1, -0.05) is 23.8 Å². The summed E-state index contributed by atoms with van der Waals surface area (Å²) in [4.78, 5) is 22.5. The summed E-state index contributed by atoms with van der Waals surface area (Å²) >= 11 is 0. The summed E-state index contributed by atoms with van der Waals surface area (Å²) in [7, 11) is 0. The molecule has 24 heavy (non-hydrogen) atoms. The highest BCUT2D eigenvalue weighted by Crippen LogP contribution is 2.18. The van der Waals surface area contributed by atoms with E-state index >= 15 is 0 Å². The number of aryl methyl sites for hydroxylation is 4.